The summed E-state index contributed by atoms with van der Waals surface area (Å²) in [5.41, 5.74) is 12.1. The predicted octanol–water partition coefficient (Wildman–Crippen LogP) is 9.57. The number of nitrogens with two attached hydrogens (primary N) is 1. The van der Waals surface area contributed by atoms with E-state index in [4.69, 9.17) is 41.2 Å². The molecule has 2 aliphatic carbocycles. The number of carbonyl (C=O) groups excluding carboxylic acids is 4. The Morgan fingerprint density at radius 1 is 0.667 bits per heavy atom. The highest BCUT2D eigenvalue weighted by molar-refractivity contribution is 7.12. The number of aromatic nitrogens is 2. The lowest BCUT2D eigenvalue weighted by Crippen LogP contribution is -2.26. The van der Waals surface area contributed by atoms with Crippen LogP contribution in [0, 0.1) is 51.2 Å². The third-order valence-electron chi connectivity index (χ3n) is 11.8. The molecule has 0 aliphatic heterocycles. The number of ether oxygens (including phenoxy) is 2. The maximum atomic E-state index is 12.9. The van der Waals surface area contributed by atoms with Gasteiger partial charge in [-0.15, -0.1) is 22.7 Å². The highest BCUT2D eigenvalue weighted by Crippen LogP contribution is 2.33. The molecule has 13 nitrogen and oxygen atoms in total. The zero-order valence-corrected chi connectivity index (χ0v) is 41.4. The van der Waals surface area contributed by atoms with E-state index in [2.05, 4.69) is 29.8 Å². The molecular weight excluding hydrogens is 943 g/mol. The highest BCUT2D eigenvalue weighted by Gasteiger charge is 2.24. The van der Waals surface area contributed by atoms with Crippen molar-refractivity contribution in [3.63, 3.8) is 0 Å². The number of allylic oxidation sites excluding steroid dienone is 1. The van der Waals surface area contributed by atoms with E-state index >= 15 is 0 Å². The molecule has 2 aromatic heterocycles. The summed E-state index contributed by atoms with van der Waals surface area (Å²) in [5.74, 6) is 1.33. The average Bonchev–Trinajstić information content (AvgIpc) is 4.00. The van der Waals surface area contributed by atoms with Crippen molar-refractivity contribution >= 4 is 45.8 Å². The lowest BCUT2D eigenvalue weighted by atomic mass is 9.87. The third-order valence-corrected chi connectivity index (χ3v) is 14.0. The molecule has 0 unspecified atom stereocenters. The van der Waals surface area contributed by atoms with Gasteiger partial charge >= 0.3 is 0 Å². The summed E-state index contributed by atoms with van der Waals surface area (Å²) in [7, 11) is 0. The number of Topliss-reactive ketones (excluding diaryl/α,β-unsaturated/α-hetero) is 4. The quantitative estimate of drug-likeness (QED) is 0.0453. The minimum Gasteiger partial charge on any atom is -0.486 e. The van der Waals surface area contributed by atoms with E-state index in [1.165, 1.54) is 15.8 Å². The van der Waals surface area contributed by atoms with E-state index in [0.29, 0.717) is 46.1 Å². The van der Waals surface area contributed by atoms with Crippen LogP contribution in [-0.2, 0) is 61.0 Å². The van der Waals surface area contributed by atoms with Crippen LogP contribution in [0.1, 0.15) is 106 Å². The van der Waals surface area contributed by atoms with E-state index < -0.39 is 0 Å². The molecule has 2 N–H and O–H groups in total. The molecule has 0 amide bonds. The first-order valence-corrected chi connectivity index (χ1v) is 25.2. The van der Waals surface area contributed by atoms with Gasteiger partial charge in [-0.3, -0.25) is 19.2 Å². The normalized spacial score (nSPS) is 14.0. The summed E-state index contributed by atoms with van der Waals surface area (Å²) < 4.78 is 11.3. The van der Waals surface area contributed by atoms with Gasteiger partial charge in [0.15, 0.2) is 23.1 Å². The number of ketones is 4. The molecule has 0 radical (unpaired) electrons. The number of thiazole rings is 2. The number of hydrogen-bond acceptors (Lipinski definition) is 15. The topological polar surface area (TPSA) is 234 Å². The van der Waals surface area contributed by atoms with E-state index in [1.54, 1.807) is 126 Å². The number of nitriles is 4. The fourth-order valence-corrected chi connectivity index (χ4v) is 10.5. The van der Waals surface area contributed by atoms with Gasteiger partial charge in [-0.05, 0) is 117 Å². The summed E-state index contributed by atoms with van der Waals surface area (Å²) in [5, 5.41) is 35.6. The van der Waals surface area contributed by atoms with Gasteiger partial charge in [0.05, 0.1) is 59.6 Å². The van der Waals surface area contributed by atoms with Crippen LogP contribution in [0.15, 0.2) is 110 Å². The second kappa shape index (κ2) is 27.5. The number of carbonyl (C=O) groups is 4. The zero-order valence-electron chi connectivity index (χ0n) is 39.8. The Morgan fingerprint density at radius 2 is 1.14 bits per heavy atom. The van der Waals surface area contributed by atoms with Crippen LogP contribution in [0.25, 0.3) is 0 Å². The van der Waals surface area contributed by atoms with Gasteiger partial charge < -0.3 is 15.2 Å². The summed E-state index contributed by atoms with van der Waals surface area (Å²) >= 11 is 3.21. The van der Waals surface area contributed by atoms with E-state index in [9.17, 15) is 19.2 Å². The van der Waals surface area contributed by atoms with Gasteiger partial charge in [0.2, 0.25) is 0 Å². The average molecular weight is 996 g/mol. The number of aryl methyl sites for hydroxylation is 2. The van der Waals surface area contributed by atoms with Gasteiger partial charge in [-0.25, -0.2) is 9.97 Å². The molecule has 15 heteroatoms. The van der Waals surface area contributed by atoms with E-state index in [0.717, 1.165) is 83.9 Å². The SMILES string of the molecule is C=CC#N.N#CCCC[C@H]1CCc2nc(CC(=O)c3cccc(OCC(=O)Cc4ccc(C#N)cc4)c3)sc2C1.N#Cc1ccc(CC(=O)COc2cccc(C(=O)Cc3nc4c(s3)C[C@@H](N)CC4)c2)cc1. The molecular formula is C57H53N7O6S2. The summed E-state index contributed by atoms with van der Waals surface area (Å²) in [6, 6.07) is 35.8. The lowest BCUT2D eigenvalue weighted by Gasteiger charge is -2.20. The molecule has 0 spiro atoms. The number of unbranched alkanes of at least 4 members (excludes halogenated alkanes) is 1. The molecule has 2 atom stereocenters. The minimum absolute atomic E-state index is 0.0268. The second-order valence-corrected chi connectivity index (χ2v) is 19.7. The first-order valence-electron chi connectivity index (χ1n) is 23.6. The lowest BCUT2D eigenvalue weighted by molar-refractivity contribution is -0.121. The summed E-state index contributed by atoms with van der Waals surface area (Å²) in [6.45, 7) is 2.94. The molecule has 4 aromatic carbocycles. The Hall–Kier alpha value is -7.92. The van der Waals surface area contributed by atoms with Crippen molar-refractivity contribution in [2.24, 2.45) is 11.7 Å². The first-order chi connectivity index (χ1) is 34.9. The van der Waals surface area contributed by atoms with Crippen molar-refractivity contribution in [3.05, 3.63) is 174 Å². The first kappa shape index (κ1) is 53.4. The summed E-state index contributed by atoms with van der Waals surface area (Å²) in [4.78, 5) is 62.1. The molecule has 2 heterocycles. The van der Waals surface area contributed by atoms with Crippen molar-refractivity contribution < 1.29 is 28.7 Å². The number of hydrogen-bond donors (Lipinski definition) is 1. The van der Waals surface area contributed by atoms with Crippen LogP contribution in [0.3, 0.4) is 0 Å². The number of rotatable bonds is 19. The Morgan fingerprint density at radius 3 is 1.60 bits per heavy atom. The standard InChI is InChI=1S/C29H27N3O3S.C25H23N3O3S.C3H3N/c30-13-2-1-4-20-11-12-26-28(15-20)36-29(32-26)17-27(34)23-5-3-6-25(16-23)35-19-24(33)14-21-7-9-22(18-31)10-8-21;26-14-17-6-4-16(5-7-17)10-20(29)15-31-21-3-1-2-18(11-21)23(30)13-25-28-22-9-8-19(27)12-24(22)32-25;1-2-3-4/h3,5-10,16,20H,1-2,4,11-12,14-15,17,19H2;1-7,11,19H,8-10,12-13,15,27H2;2H,1H2/t20-;19-;/m00./s1. The smallest absolute Gasteiger partial charge is 0.174 e. The van der Waals surface area contributed by atoms with Gasteiger partial charge in [-0.2, -0.15) is 21.0 Å². The molecule has 8 rings (SSSR count). The van der Waals surface area contributed by atoms with Crippen LogP contribution >= 0.6 is 22.7 Å². The van der Waals surface area contributed by atoms with Crippen LogP contribution < -0.4 is 15.2 Å². The molecule has 2 aliphatic rings. The summed E-state index contributed by atoms with van der Waals surface area (Å²) in [6.07, 6.45) is 10.4. The number of fused-ring (bicyclic) bond motifs is 2. The van der Waals surface area contributed by atoms with Crippen LogP contribution in [0.2, 0.25) is 0 Å². The van der Waals surface area contributed by atoms with Gasteiger partial charge in [0.1, 0.15) is 34.7 Å². The molecule has 0 fully saturated rings. The maximum Gasteiger partial charge on any atom is 0.174 e. The Balaban J connectivity index is 0.000000220. The molecule has 0 saturated heterocycles. The molecule has 0 saturated carbocycles. The fraction of sp³-hybridized carbons (Fsp3) is 0.298. The Kier molecular flexibility index (Phi) is 20.4. The third kappa shape index (κ3) is 16.6. The van der Waals surface area contributed by atoms with E-state index in [-0.39, 0.29) is 68.1 Å². The zero-order chi connectivity index (χ0) is 51.2. The van der Waals surface area contributed by atoms with Crippen LogP contribution in [-0.4, -0.2) is 52.4 Å². The van der Waals surface area contributed by atoms with Crippen molar-refractivity contribution in [1.82, 2.24) is 9.97 Å². The Bertz CT molecular complexity index is 3040. The van der Waals surface area contributed by atoms with Crippen molar-refractivity contribution in [1.29, 1.82) is 21.0 Å². The molecule has 6 aromatic rings. The van der Waals surface area contributed by atoms with Crippen LogP contribution in [0.5, 0.6) is 11.5 Å². The molecule has 364 valence electrons. The van der Waals surface area contributed by atoms with Gasteiger partial charge in [0.25, 0.3) is 0 Å². The maximum absolute atomic E-state index is 12.9. The monoisotopic (exact) mass is 995 g/mol. The highest BCUT2D eigenvalue weighted by atomic mass is 32.1. The van der Waals surface area contributed by atoms with Gasteiger partial charge in [0, 0.05) is 52.3 Å². The van der Waals surface area contributed by atoms with E-state index in [1.807, 2.05) is 0 Å². The minimum atomic E-state index is -0.0909. The Labute approximate surface area is 427 Å². The second-order valence-electron chi connectivity index (χ2n) is 17.3. The van der Waals surface area contributed by atoms with Gasteiger partial charge in [-0.1, -0.05) is 55.1 Å². The fourth-order valence-electron chi connectivity index (χ4n) is 8.09. The number of benzene rings is 4. The van der Waals surface area contributed by atoms with Crippen molar-refractivity contribution in [2.45, 2.75) is 89.5 Å². The van der Waals surface area contributed by atoms with Crippen molar-refractivity contribution in [3.8, 4) is 35.8 Å². The van der Waals surface area contributed by atoms with Crippen LogP contribution in [0.4, 0.5) is 0 Å². The van der Waals surface area contributed by atoms with Crippen molar-refractivity contribution in [2.75, 3.05) is 13.2 Å². The molecule has 72 heavy (non-hydrogen) atoms. The molecule has 0 bridgehead atoms. The number of nitrogens with zero attached hydrogens (tertiary/aromatic N) is 6. The largest absolute Gasteiger partial charge is 0.486 e. The predicted molar refractivity (Wildman–Crippen MR) is 275 cm³/mol.